The zero-order chi connectivity index (χ0) is 15.7. The summed E-state index contributed by atoms with van der Waals surface area (Å²) in [6.45, 7) is 11.6. The van der Waals surface area contributed by atoms with E-state index in [-0.39, 0.29) is 0 Å². The maximum Gasteiger partial charge on any atom is 0.0587 e. The highest BCUT2D eigenvalue weighted by Gasteiger charge is 2.04. The van der Waals surface area contributed by atoms with Crippen molar-refractivity contribution in [3.8, 4) is 0 Å². The van der Waals surface area contributed by atoms with Crippen molar-refractivity contribution in [2.24, 2.45) is 11.8 Å². The van der Waals surface area contributed by atoms with Gasteiger partial charge in [0.25, 0.3) is 0 Å². The first-order valence-electron chi connectivity index (χ1n) is 8.02. The molecule has 0 saturated heterocycles. The lowest BCUT2D eigenvalue weighted by Crippen LogP contribution is -2.23. The van der Waals surface area contributed by atoms with Gasteiger partial charge in [0.15, 0.2) is 0 Å². The zero-order valence-electron chi connectivity index (χ0n) is 14.3. The minimum atomic E-state index is 0.551. The van der Waals surface area contributed by atoms with E-state index in [1.807, 2.05) is 0 Å². The molecule has 0 aliphatic carbocycles. The second kappa shape index (κ2) is 9.75. The number of ether oxygens (including phenoxy) is 1. The average molecular weight is 289 g/mol. The van der Waals surface area contributed by atoms with E-state index in [9.17, 15) is 0 Å². The van der Waals surface area contributed by atoms with Crippen molar-refractivity contribution in [3.63, 3.8) is 0 Å². The van der Waals surface area contributed by atoms with E-state index in [2.05, 4.69) is 63.4 Å². The topological polar surface area (TPSA) is 21.3 Å². The second-order valence-electron chi connectivity index (χ2n) is 6.38. The van der Waals surface area contributed by atoms with Crippen LogP contribution in [-0.4, -0.2) is 26.8 Å². The monoisotopic (exact) mass is 289 g/mol. The summed E-state index contributed by atoms with van der Waals surface area (Å²) in [6, 6.07) is 8.97. The van der Waals surface area contributed by atoms with Crippen LogP contribution in [0.3, 0.4) is 0 Å². The summed E-state index contributed by atoms with van der Waals surface area (Å²) in [5.74, 6) is 1.26. The Bertz CT molecular complexity index is 418. The molecule has 118 valence electrons. The van der Waals surface area contributed by atoms with Crippen LogP contribution in [0.4, 0.5) is 0 Å². The highest BCUT2D eigenvalue weighted by molar-refractivity contribution is 5.54. The first-order valence-corrected chi connectivity index (χ1v) is 8.02. The smallest absolute Gasteiger partial charge is 0.0587 e. The third-order valence-electron chi connectivity index (χ3n) is 3.53. The molecule has 0 unspecified atom stereocenters. The first kappa shape index (κ1) is 17.9. The van der Waals surface area contributed by atoms with E-state index in [1.165, 1.54) is 16.7 Å². The molecule has 0 saturated carbocycles. The van der Waals surface area contributed by atoms with Crippen LogP contribution in [0.15, 0.2) is 29.8 Å². The molecule has 1 rings (SSSR count). The standard InChI is InChI=1S/C19H31NO/c1-15(2)12-17-6-8-18(9-7-17)13-19(16(3)4)14-20-10-11-21-5/h6-9,13,15-16,20H,10-12,14H2,1-5H3/b19-13-. The highest BCUT2D eigenvalue weighted by atomic mass is 16.5. The van der Waals surface area contributed by atoms with Gasteiger partial charge in [0.05, 0.1) is 6.61 Å². The Morgan fingerprint density at radius 1 is 1.14 bits per heavy atom. The van der Waals surface area contributed by atoms with E-state index in [4.69, 9.17) is 4.74 Å². The molecule has 0 fully saturated rings. The highest BCUT2D eigenvalue weighted by Crippen LogP contribution is 2.16. The number of nitrogens with one attached hydrogen (secondary N) is 1. The van der Waals surface area contributed by atoms with Gasteiger partial charge in [0.2, 0.25) is 0 Å². The van der Waals surface area contributed by atoms with Crippen LogP contribution in [0.5, 0.6) is 0 Å². The lowest BCUT2D eigenvalue weighted by atomic mass is 9.98. The summed E-state index contributed by atoms with van der Waals surface area (Å²) in [5, 5.41) is 3.43. The predicted octanol–water partition coefficient (Wildman–Crippen LogP) is 4.16. The molecule has 1 N–H and O–H groups in total. The first-order chi connectivity index (χ1) is 10.0. The summed E-state index contributed by atoms with van der Waals surface area (Å²) in [7, 11) is 1.74. The third kappa shape index (κ3) is 7.45. The Morgan fingerprint density at radius 3 is 2.33 bits per heavy atom. The third-order valence-corrected chi connectivity index (χ3v) is 3.53. The van der Waals surface area contributed by atoms with Crippen LogP contribution in [-0.2, 0) is 11.2 Å². The van der Waals surface area contributed by atoms with E-state index in [1.54, 1.807) is 7.11 Å². The van der Waals surface area contributed by atoms with Gasteiger partial charge >= 0.3 is 0 Å². The summed E-state index contributed by atoms with van der Waals surface area (Å²) < 4.78 is 5.07. The molecule has 2 nitrogen and oxygen atoms in total. The van der Waals surface area contributed by atoms with E-state index in [0.717, 1.165) is 26.1 Å². The Labute approximate surface area is 130 Å². The normalized spacial score (nSPS) is 12.4. The van der Waals surface area contributed by atoms with Crippen LogP contribution in [0.2, 0.25) is 0 Å². The fourth-order valence-corrected chi connectivity index (χ4v) is 2.26. The number of benzene rings is 1. The van der Waals surface area contributed by atoms with E-state index in [0.29, 0.717) is 11.8 Å². The summed E-state index contributed by atoms with van der Waals surface area (Å²) in [4.78, 5) is 0. The molecule has 2 heteroatoms. The number of hydrogen-bond donors (Lipinski definition) is 1. The van der Waals surface area contributed by atoms with Gasteiger partial charge in [0.1, 0.15) is 0 Å². The molecule has 1 aromatic rings. The Hall–Kier alpha value is -1.12. The van der Waals surface area contributed by atoms with Gasteiger partial charge in [-0.2, -0.15) is 0 Å². The van der Waals surface area contributed by atoms with E-state index < -0.39 is 0 Å². The molecule has 0 bridgehead atoms. The Morgan fingerprint density at radius 2 is 1.81 bits per heavy atom. The van der Waals surface area contributed by atoms with Crippen LogP contribution in [0.1, 0.15) is 38.8 Å². The molecular formula is C19H31NO. The largest absolute Gasteiger partial charge is 0.383 e. The van der Waals surface area contributed by atoms with Crippen molar-refractivity contribution in [1.82, 2.24) is 5.32 Å². The minimum absolute atomic E-state index is 0.551. The minimum Gasteiger partial charge on any atom is -0.383 e. The Balaban J connectivity index is 2.66. The van der Waals surface area contributed by atoms with Crippen LogP contribution >= 0.6 is 0 Å². The average Bonchev–Trinajstić information content (AvgIpc) is 2.43. The second-order valence-corrected chi connectivity index (χ2v) is 6.38. The molecule has 0 aromatic heterocycles. The van der Waals surface area contributed by atoms with Crippen molar-refractivity contribution in [3.05, 3.63) is 41.0 Å². The van der Waals surface area contributed by atoms with Crippen LogP contribution < -0.4 is 5.32 Å². The van der Waals surface area contributed by atoms with Gasteiger partial charge in [0, 0.05) is 20.2 Å². The summed E-state index contributed by atoms with van der Waals surface area (Å²) in [6.07, 6.45) is 3.46. The molecular weight excluding hydrogens is 258 g/mol. The Kier molecular flexibility index (Phi) is 8.33. The molecule has 0 atom stereocenters. The molecule has 1 aromatic carbocycles. The van der Waals surface area contributed by atoms with Gasteiger partial charge in [-0.05, 0) is 29.4 Å². The lowest BCUT2D eigenvalue weighted by Gasteiger charge is -2.13. The molecule has 0 amide bonds. The number of methoxy groups -OCH3 is 1. The summed E-state index contributed by atoms with van der Waals surface area (Å²) >= 11 is 0. The molecule has 21 heavy (non-hydrogen) atoms. The number of rotatable bonds is 9. The van der Waals surface area contributed by atoms with Crippen molar-refractivity contribution >= 4 is 6.08 Å². The maximum atomic E-state index is 5.07. The van der Waals surface area contributed by atoms with Gasteiger partial charge in [-0.15, -0.1) is 0 Å². The van der Waals surface area contributed by atoms with Gasteiger partial charge < -0.3 is 10.1 Å². The molecule has 0 spiro atoms. The molecule has 0 heterocycles. The number of hydrogen-bond acceptors (Lipinski definition) is 2. The fraction of sp³-hybridized carbons (Fsp3) is 0.579. The zero-order valence-corrected chi connectivity index (χ0v) is 14.3. The van der Waals surface area contributed by atoms with Crippen LogP contribution in [0, 0.1) is 11.8 Å². The van der Waals surface area contributed by atoms with Crippen LogP contribution in [0.25, 0.3) is 6.08 Å². The van der Waals surface area contributed by atoms with E-state index >= 15 is 0 Å². The van der Waals surface area contributed by atoms with Crippen molar-refractivity contribution in [2.45, 2.75) is 34.1 Å². The maximum absolute atomic E-state index is 5.07. The molecule has 0 aliphatic heterocycles. The SMILES string of the molecule is COCCNC/C(=C/c1ccc(CC(C)C)cc1)C(C)C. The quantitative estimate of drug-likeness (QED) is 0.689. The molecule has 0 radical (unpaired) electrons. The van der Waals surface area contributed by atoms with Gasteiger partial charge in [-0.1, -0.05) is 63.6 Å². The van der Waals surface area contributed by atoms with Crippen molar-refractivity contribution in [1.29, 1.82) is 0 Å². The summed E-state index contributed by atoms with van der Waals surface area (Å²) in [5.41, 5.74) is 4.15. The molecule has 0 aliphatic rings. The lowest BCUT2D eigenvalue weighted by molar-refractivity contribution is 0.200. The van der Waals surface area contributed by atoms with Gasteiger partial charge in [-0.3, -0.25) is 0 Å². The fourth-order valence-electron chi connectivity index (χ4n) is 2.26. The van der Waals surface area contributed by atoms with Crippen molar-refractivity contribution in [2.75, 3.05) is 26.8 Å². The van der Waals surface area contributed by atoms with Crippen molar-refractivity contribution < 1.29 is 4.74 Å². The predicted molar refractivity (Wildman–Crippen MR) is 92.5 cm³/mol. The van der Waals surface area contributed by atoms with Gasteiger partial charge in [-0.25, -0.2) is 0 Å².